The molecule has 0 aliphatic heterocycles. The minimum Gasteiger partial charge on any atom is -0.497 e. The Balaban J connectivity index is 1.97. The van der Waals surface area contributed by atoms with E-state index in [0.29, 0.717) is 17.2 Å². The molecule has 0 heterocycles. The largest absolute Gasteiger partial charge is 0.497 e. The van der Waals surface area contributed by atoms with Gasteiger partial charge >= 0.3 is 5.97 Å². The first-order valence-electron chi connectivity index (χ1n) is 6.95. The SMILES string of the molecule is COc1ccc(C(=O)O)c(OCCOc2ccccc2OC)c1. The highest BCUT2D eigenvalue weighted by Gasteiger charge is 2.12. The fourth-order valence-electron chi connectivity index (χ4n) is 1.97. The normalized spacial score (nSPS) is 10.0. The van der Waals surface area contributed by atoms with Crippen molar-refractivity contribution in [1.29, 1.82) is 0 Å². The molecule has 0 saturated heterocycles. The van der Waals surface area contributed by atoms with Crippen molar-refractivity contribution in [3.63, 3.8) is 0 Å². The number of hydrogen-bond acceptors (Lipinski definition) is 5. The summed E-state index contributed by atoms with van der Waals surface area (Å²) >= 11 is 0. The van der Waals surface area contributed by atoms with Crippen LogP contribution < -0.4 is 18.9 Å². The molecule has 122 valence electrons. The average molecular weight is 318 g/mol. The number of carboxylic acid groups (broad SMARTS) is 1. The summed E-state index contributed by atoms with van der Waals surface area (Å²) in [5.41, 5.74) is 0.0723. The van der Waals surface area contributed by atoms with Gasteiger partial charge in [-0.05, 0) is 24.3 Å². The van der Waals surface area contributed by atoms with Gasteiger partial charge in [0.25, 0.3) is 0 Å². The average Bonchev–Trinajstić information content (AvgIpc) is 2.58. The van der Waals surface area contributed by atoms with E-state index >= 15 is 0 Å². The Kier molecular flexibility index (Phi) is 5.68. The summed E-state index contributed by atoms with van der Waals surface area (Å²) in [6, 6.07) is 11.8. The van der Waals surface area contributed by atoms with Crippen molar-refractivity contribution in [3.05, 3.63) is 48.0 Å². The van der Waals surface area contributed by atoms with Gasteiger partial charge in [-0.15, -0.1) is 0 Å². The zero-order valence-electron chi connectivity index (χ0n) is 12.9. The van der Waals surface area contributed by atoms with Crippen molar-refractivity contribution >= 4 is 5.97 Å². The molecule has 0 bridgehead atoms. The lowest BCUT2D eigenvalue weighted by Gasteiger charge is -2.13. The lowest BCUT2D eigenvalue weighted by Crippen LogP contribution is -2.11. The highest BCUT2D eigenvalue weighted by molar-refractivity contribution is 5.91. The third kappa shape index (κ3) is 4.29. The number of rotatable bonds is 8. The van der Waals surface area contributed by atoms with E-state index in [4.69, 9.17) is 24.1 Å². The van der Waals surface area contributed by atoms with Crippen molar-refractivity contribution in [2.24, 2.45) is 0 Å². The lowest BCUT2D eigenvalue weighted by atomic mass is 10.2. The van der Waals surface area contributed by atoms with Crippen molar-refractivity contribution < 1.29 is 28.8 Å². The van der Waals surface area contributed by atoms with Gasteiger partial charge < -0.3 is 24.1 Å². The Morgan fingerprint density at radius 3 is 2.17 bits per heavy atom. The molecule has 0 unspecified atom stereocenters. The standard InChI is InChI=1S/C17H18O6/c1-20-12-7-8-13(17(18)19)16(11-12)23-10-9-22-15-6-4-3-5-14(15)21-2/h3-8,11H,9-10H2,1-2H3,(H,18,19). The number of benzene rings is 2. The minimum absolute atomic E-state index is 0.0723. The summed E-state index contributed by atoms with van der Waals surface area (Å²) in [5, 5.41) is 9.16. The van der Waals surface area contributed by atoms with Crippen LogP contribution in [-0.2, 0) is 0 Å². The van der Waals surface area contributed by atoms with Gasteiger partial charge in [-0.2, -0.15) is 0 Å². The molecule has 2 aromatic carbocycles. The van der Waals surface area contributed by atoms with E-state index in [0.717, 1.165) is 0 Å². The number of carboxylic acids is 1. The Hall–Kier alpha value is -2.89. The smallest absolute Gasteiger partial charge is 0.339 e. The molecule has 0 aliphatic rings. The maximum absolute atomic E-state index is 11.2. The topological polar surface area (TPSA) is 74.2 Å². The van der Waals surface area contributed by atoms with Crippen LogP contribution in [0.25, 0.3) is 0 Å². The van der Waals surface area contributed by atoms with E-state index in [2.05, 4.69) is 0 Å². The van der Waals surface area contributed by atoms with Crippen LogP contribution in [0.15, 0.2) is 42.5 Å². The second-order valence-electron chi connectivity index (χ2n) is 4.52. The van der Waals surface area contributed by atoms with Crippen LogP contribution in [-0.4, -0.2) is 38.5 Å². The van der Waals surface area contributed by atoms with Crippen LogP contribution in [0, 0.1) is 0 Å². The maximum atomic E-state index is 11.2. The molecule has 0 fully saturated rings. The molecule has 0 atom stereocenters. The van der Waals surface area contributed by atoms with Crippen molar-refractivity contribution in [3.8, 4) is 23.0 Å². The molecule has 23 heavy (non-hydrogen) atoms. The monoisotopic (exact) mass is 318 g/mol. The summed E-state index contributed by atoms with van der Waals surface area (Å²) in [6.07, 6.45) is 0. The molecule has 0 radical (unpaired) electrons. The van der Waals surface area contributed by atoms with Gasteiger partial charge in [-0.3, -0.25) is 0 Å². The number of methoxy groups -OCH3 is 2. The van der Waals surface area contributed by atoms with Gasteiger partial charge in [-0.25, -0.2) is 4.79 Å². The summed E-state index contributed by atoms with van der Waals surface area (Å²) in [5.74, 6) is 0.923. The van der Waals surface area contributed by atoms with Crippen molar-refractivity contribution in [2.45, 2.75) is 0 Å². The fourth-order valence-corrected chi connectivity index (χ4v) is 1.97. The number of carbonyl (C=O) groups is 1. The third-order valence-electron chi connectivity index (χ3n) is 3.09. The molecule has 0 spiro atoms. The van der Waals surface area contributed by atoms with Crippen LogP contribution in [0.3, 0.4) is 0 Å². The van der Waals surface area contributed by atoms with Crippen LogP contribution in [0.1, 0.15) is 10.4 Å². The number of aromatic carboxylic acids is 1. The fraction of sp³-hybridized carbons (Fsp3) is 0.235. The van der Waals surface area contributed by atoms with Gasteiger partial charge in [-0.1, -0.05) is 12.1 Å². The zero-order chi connectivity index (χ0) is 16.7. The van der Waals surface area contributed by atoms with Gasteiger partial charge in [0.2, 0.25) is 0 Å². The van der Waals surface area contributed by atoms with Crippen LogP contribution >= 0.6 is 0 Å². The summed E-state index contributed by atoms with van der Waals surface area (Å²) in [6.45, 7) is 0.433. The van der Waals surface area contributed by atoms with E-state index < -0.39 is 5.97 Å². The van der Waals surface area contributed by atoms with Gasteiger partial charge in [0.1, 0.15) is 30.3 Å². The Bertz CT molecular complexity index is 668. The van der Waals surface area contributed by atoms with E-state index in [-0.39, 0.29) is 24.5 Å². The van der Waals surface area contributed by atoms with E-state index in [1.54, 1.807) is 25.3 Å². The van der Waals surface area contributed by atoms with Gasteiger partial charge in [0.05, 0.1) is 14.2 Å². The third-order valence-corrected chi connectivity index (χ3v) is 3.09. The first kappa shape index (κ1) is 16.5. The second kappa shape index (κ2) is 7.93. The molecule has 2 rings (SSSR count). The predicted molar refractivity (Wildman–Crippen MR) is 83.9 cm³/mol. The van der Waals surface area contributed by atoms with E-state index in [1.807, 2.05) is 12.1 Å². The minimum atomic E-state index is -1.06. The number of para-hydroxylation sites is 2. The van der Waals surface area contributed by atoms with E-state index in [1.165, 1.54) is 19.2 Å². The summed E-state index contributed by atoms with van der Waals surface area (Å²) in [7, 11) is 3.07. The molecular formula is C17H18O6. The number of ether oxygens (including phenoxy) is 4. The van der Waals surface area contributed by atoms with Crippen LogP contribution in [0.2, 0.25) is 0 Å². The molecule has 0 saturated carbocycles. The molecule has 6 nitrogen and oxygen atoms in total. The van der Waals surface area contributed by atoms with E-state index in [9.17, 15) is 4.79 Å². The zero-order valence-corrected chi connectivity index (χ0v) is 12.9. The Morgan fingerprint density at radius 1 is 0.913 bits per heavy atom. The van der Waals surface area contributed by atoms with Crippen LogP contribution in [0.5, 0.6) is 23.0 Å². The molecule has 2 aromatic rings. The Labute approximate surface area is 134 Å². The number of hydrogen-bond donors (Lipinski definition) is 1. The molecule has 0 aliphatic carbocycles. The Morgan fingerprint density at radius 2 is 1.57 bits per heavy atom. The van der Waals surface area contributed by atoms with Gasteiger partial charge in [0.15, 0.2) is 11.5 Å². The first-order valence-corrected chi connectivity index (χ1v) is 6.95. The van der Waals surface area contributed by atoms with Crippen molar-refractivity contribution in [2.75, 3.05) is 27.4 Å². The van der Waals surface area contributed by atoms with Gasteiger partial charge in [0, 0.05) is 6.07 Å². The maximum Gasteiger partial charge on any atom is 0.339 e. The molecule has 0 aromatic heterocycles. The first-order chi connectivity index (χ1) is 11.2. The lowest BCUT2D eigenvalue weighted by molar-refractivity contribution is 0.0691. The van der Waals surface area contributed by atoms with Crippen molar-refractivity contribution in [1.82, 2.24) is 0 Å². The predicted octanol–water partition coefficient (Wildman–Crippen LogP) is 2.86. The quantitative estimate of drug-likeness (QED) is 0.754. The summed E-state index contributed by atoms with van der Waals surface area (Å²) < 4.78 is 21.3. The molecule has 0 amide bonds. The molecule has 6 heteroatoms. The van der Waals surface area contributed by atoms with Crippen LogP contribution in [0.4, 0.5) is 0 Å². The highest BCUT2D eigenvalue weighted by Crippen LogP contribution is 2.27. The molecular weight excluding hydrogens is 300 g/mol. The second-order valence-corrected chi connectivity index (χ2v) is 4.52. The highest BCUT2D eigenvalue weighted by atomic mass is 16.5. The summed E-state index contributed by atoms with van der Waals surface area (Å²) in [4.78, 5) is 11.2. The molecule has 1 N–H and O–H groups in total.